The highest BCUT2D eigenvalue weighted by Crippen LogP contribution is 2.32. The van der Waals surface area contributed by atoms with Crippen molar-refractivity contribution in [2.45, 2.75) is 25.3 Å². The smallest absolute Gasteiger partial charge is 0.253 e. The van der Waals surface area contributed by atoms with Gasteiger partial charge in [0.05, 0.1) is 11.1 Å². The van der Waals surface area contributed by atoms with Crippen LogP contribution in [0.4, 0.5) is 0 Å². The fourth-order valence-electron chi connectivity index (χ4n) is 3.29. The van der Waals surface area contributed by atoms with Gasteiger partial charge in [0.15, 0.2) is 0 Å². The summed E-state index contributed by atoms with van der Waals surface area (Å²) in [5.74, 6) is 0.401. The average Bonchev–Trinajstić information content (AvgIpc) is 3.12. The Labute approximate surface area is 128 Å². The van der Waals surface area contributed by atoms with Crippen LogP contribution >= 0.6 is 0 Å². The SMILES string of the molecule is O=C(NCC1CC(=O)N(C2CC2)C1)c1cccc2cc[nH]c12. The Kier molecular flexibility index (Phi) is 3.13. The fourth-order valence-corrected chi connectivity index (χ4v) is 3.29. The summed E-state index contributed by atoms with van der Waals surface area (Å²) in [5.41, 5.74) is 1.52. The lowest BCUT2D eigenvalue weighted by atomic mass is 10.1. The third kappa shape index (κ3) is 2.36. The second kappa shape index (κ2) is 5.16. The lowest BCUT2D eigenvalue weighted by Gasteiger charge is -2.15. The first-order chi connectivity index (χ1) is 10.7. The number of para-hydroxylation sites is 1. The van der Waals surface area contributed by atoms with Crippen molar-refractivity contribution >= 4 is 22.7 Å². The number of nitrogens with one attached hydrogen (secondary N) is 2. The van der Waals surface area contributed by atoms with Gasteiger partial charge in [-0.05, 0) is 25.0 Å². The predicted molar refractivity (Wildman–Crippen MR) is 83.5 cm³/mol. The lowest BCUT2D eigenvalue weighted by molar-refractivity contribution is -0.128. The zero-order valence-electron chi connectivity index (χ0n) is 12.3. The van der Waals surface area contributed by atoms with Gasteiger partial charge in [0.1, 0.15) is 0 Å². The Morgan fingerprint density at radius 1 is 1.32 bits per heavy atom. The molecule has 1 aliphatic carbocycles. The Morgan fingerprint density at radius 2 is 2.18 bits per heavy atom. The third-order valence-corrected chi connectivity index (χ3v) is 4.61. The number of likely N-dealkylation sites (tertiary alicyclic amines) is 1. The van der Waals surface area contributed by atoms with Crippen molar-refractivity contribution in [3.63, 3.8) is 0 Å². The zero-order chi connectivity index (χ0) is 15.1. The van der Waals surface area contributed by atoms with E-state index in [0.717, 1.165) is 30.3 Å². The minimum atomic E-state index is -0.0784. The van der Waals surface area contributed by atoms with Crippen LogP contribution in [0.5, 0.6) is 0 Å². The molecule has 1 aliphatic heterocycles. The molecule has 5 heteroatoms. The van der Waals surface area contributed by atoms with E-state index in [0.29, 0.717) is 24.6 Å². The monoisotopic (exact) mass is 297 g/mol. The lowest BCUT2D eigenvalue weighted by Crippen LogP contribution is -2.32. The number of rotatable bonds is 4. The Bertz CT molecular complexity index is 732. The summed E-state index contributed by atoms with van der Waals surface area (Å²) in [6.07, 6.45) is 4.67. The number of aromatic amines is 1. The molecule has 0 radical (unpaired) electrons. The van der Waals surface area contributed by atoms with E-state index in [1.165, 1.54) is 0 Å². The molecule has 0 bridgehead atoms. The maximum Gasteiger partial charge on any atom is 0.253 e. The van der Waals surface area contributed by atoms with E-state index in [1.54, 1.807) is 0 Å². The normalized spacial score (nSPS) is 21.5. The number of carbonyl (C=O) groups excluding carboxylic acids is 2. The van der Waals surface area contributed by atoms with Gasteiger partial charge >= 0.3 is 0 Å². The Balaban J connectivity index is 1.40. The fraction of sp³-hybridized carbons (Fsp3) is 0.412. The van der Waals surface area contributed by atoms with E-state index in [4.69, 9.17) is 0 Å². The van der Waals surface area contributed by atoms with Crippen LogP contribution < -0.4 is 5.32 Å². The van der Waals surface area contributed by atoms with Crippen LogP contribution in [-0.4, -0.2) is 40.8 Å². The van der Waals surface area contributed by atoms with Gasteiger partial charge in [0, 0.05) is 43.1 Å². The van der Waals surface area contributed by atoms with Gasteiger partial charge in [0.25, 0.3) is 5.91 Å². The maximum atomic E-state index is 12.4. The summed E-state index contributed by atoms with van der Waals surface area (Å²) in [6.45, 7) is 1.35. The van der Waals surface area contributed by atoms with Crippen molar-refractivity contribution in [2.75, 3.05) is 13.1 Å². The van der Waals surface area contributed by atoms with E-state index in [1.807, 2.05) is 35.4 Å². The Hall–Kier alpha value is -2.30. The van der Waals surface area contributed by atoms with Crippen LogP contribution in [0.25, 0.3) is 10.9 Å². The van der Waals surface area contributed by atoms with Crippen molar-refractivity contribution in [2.24, 2.45) is 5.92 Å². The average molecular weight is 297 g/mol. The second-order valence-corrected chi connectivity index (χ2v) is 6.30. The molecule has 1 aromatic carbocycles. The molecule has 5 nitrogen and oxygen atoms in total. The zero-order valence-corrected chi connectivity index (χ0v) is 12.3. The molecular formula is C17H19N3O2. The highest BCUT2D eigenvalue weighted by atomic mass is 16.2. The molecule has 0 spiro atoms. The van der Waals surface area contributed by atoms with Gasteiger partial charge in [-0.3, -0.25) is 9.59 Å². The first-order valence-electron chi connectivity index (χ1n) is 7.86. The van der Waals surface area contributed by atoms with E-state index in [9.17, 15) is 9.59 Å². The first kappa shape index (κ1) is 13.4. The molecule has 2 fully saturated rings. The quantitative estimate of drug-likeness (QED) is 0.905. The minimum absolute atomic E-state index is 0.0784. The molecule has 1 unspecified atom stereocenters. The number of amides is 2. The highest BCUT2D eigenvalue weighted by Gasteiger charge is 2.39. The van der Waals surface area contributed by atoms with Gasteiger partial charge in [-0.2, -0.15) is 0 Å². The van der Waals surface area contributed by atoms with Gasteiger partial charge in [-0.15, -0.1) is 0 Å². The number of nitrogens with zero attached hydrogens (tertiary/aromatic N) is 1. The van der Waals surface area contributed by atoms with E-state index in [2.05, 4.69) is 10.3 Å². The van der Waals surface area contributed by atoms with E-state index >= 15 is 0 Å². The molecule has 1 atom stereocenters. The molecule has 2 aromatic rings. The summed E-state index contributed by atoms with van der Waals surface area (Å²) in [6, 6.07) is 8.12. The van der Waals surface area contributed by atoms with Crippen molar-refractivity contribution in [3.05, 3.63) is 36.0 Å². The minimum Gasteiger partial charge on any atom is -0.361 e. The number of benzene rings is 1. The van der Waals surface area contributed by atoms with Crippen molar-refractivity contribution < 1.29 is 9.59 Å². The van der Waals surface area contributed by atoms with Crippen molar-refractivity contribution in [1.82, 2.24) is 15.2 Å². The first-order valence-corrected chi connectivity index (χ1v) is 7.86. The number of aromatic nitrogens is 1. The van der Waals surface area contributed by atoms with Gasteiger partial charge in [-0.25, -0.2) is 0 Å². The van der Waals surface area contributed by atoms with E-state index in [-0.39, 0.29) is 17.7 Å². The molecule has 4 rings (SSSR count). The van der Waals surface area contributed by atoms with Crippen LogP contribution in [0, 0.1) is 5.92 Å². The summed E-state index contributed by atoms with van der Waals surface area (Å²) < 4.78 is 0. The molecule has 22 heavy (non-hydrogen) atoms. The molecule has 2 amide bonds. The number of fused-ring (bicyclic) bond motifs is 1. The maximum absolute atomic E-state index is 12.4. The number of carbonyl (C=O) groups is 2. The molecule has 1 saturated heterocycles. The summed E-state index contributed by atoms with van der Waals surface area (Å²) in [5, 5.41) is 4.02. The second-order valence-electron chi connectivity index (χ2n) is 6.30. The van der Waals surface area contributed by atoms with Crippen LogP contribution in [0.1, 0.15) is 29.6 Å². The van der Waals surface area contributed by atoms with Gasteiger partial charge in [0.2, 0.25) is 5.91 Å². The third-order valence-electron chi connectivity index (χ3n) is 4.61. The highest BCUT2D eigenvalue weighted by molar-refractivity contribution is 6.05. The molecule has 1 aromatic heterocycles. The number of hydrogen-bond acceptors (Lipinski definition) is 2. The summed E-state index contributed by atoms with van der Waals surface area (Å²) in [4.78, 5) is 29.4. The summed E-state index contributed by atoms with van der Waals surface area (Å²) in [7, 11) is 0. The van der Waals surface area contributed by atoms with Gasteiger partial charge < -0.3 is 15.2 Å². The van der Waals surface area contributed by atoms with Crippen LogP contribution in [0.15, 0.2) is 30.5 Å². The molecule has 114 valence electrons. The largest absolute Gasteiger partial charge is 0.361 e. The standard InChI is InChI=1S/C17H19N3O2/c21-15-8-11(10-20(15)13-4-5-13)9-19-17(22)14-3-1-2-12-6-7-18-16(12)14/h1-3,6-7,11,13,18H,4-5,8-10H2,(H,19,22). The van der Waals surface area contributed by atoms with Crippen molar-refractivity contribution in [3.8, 4) is 0 Å². The molecule has 2 N–H and O–H groups in total. The molecular weight excluding hydrogens is 278 g/mol. The van der Waals surface area contributed by atoms with E-state index < -0.39 is 0 Å². The number of H-pyrrole nitrogens is 1. The topological polar surface area (TPSA) is 65.2 Å². The summed E-state index contributed by atoms with van der Waals surface area (Å²) >= 11 is 0. The van der Waals surface area contributed by atoms with Crippen LogP contribution in [-0.2, 0) is 4.79 Å². The Morgan fingerprint density at radius 3 is 3.00 bits per heavy atom. The van der Waals surface area contributed by atoms with Crippen molar-refractivity contribution in [1.29, 1.82) is 0 Å². The van der Waals surface area contributed by atoms with Crippen LogP contribution in [0.2, 0.25) is 0 Å². The molecule has 2 aliphatic rings. The van der Waals surface area contributed by atoms with Gasteiger partial charge in [-0.1, -0.05) is 12.1 Å². The predicted octanol–water partition coefficient (Wildman–Crippen LogP) is 1.91. The van der Waals surface area contributed by atoms with Crippen LogP contribution in [0.3, 0.4) is 0 Å². The molecule has 1 saturated carbocycles. The molecule has 2 heterocycles. The number of hydrogen-bond donors (Lipinski definition) is 2.